The van der Waals surface area contributed by atoms with Gasteiger partial charge in [0.05, 0.1) is 11.1 Å². The summed E-state index contributed by atoms with van der Waals surface area (Å²) in [5, 5.41) is 20.8. The Kier molecular flexibility index (Phi) is 5.38. The van der Waals surface area contributed by atoms with Gasteiger partial charge in [-0.1, -0.05) is 48.5 Å². The fourth-order valence-electron chi connectivity index (χ4n) is 3.92. The molecule has 0 aliphatic heterocycles. The molecule has 31 heavy (non-hydrogen) atoms. The quantitative estimate of drug-likeness (QED) is 0.532. The van der Waals surface area contributed by atoms with Crippen LogP contribution in [0, 0.1) is 0 Å². The van der Waals surface area contributed by atoms with Crippen LogP contribution >= 0.6 is 0 Å². The Morgan fingerprint density at radius 2 is 1.03 bits per heavy atom. The molecule has 2 aliphatic rings. The minimum atomic E-state index is -0.218. The number of nitrogens with zero attached hydrogens (tertiary/aromatic N) is 2. The highest BCUT2D eigenvalue weighted by atomic mass is 16.3. The molecule has 0 heterocycles. The van der Waals surface area contributed by atoms with E-state index in [0.29, 0.717) is 53.2 Å². The Labute approximate surface area is 180 Å². The normalized spacial score (nSPS) is 16.3. The number of carbonyl (C=O) groups excluding carboxylic acids is 2. The number of carbonyl (C=O) groups is 2. The van der Waals surface area contributed by atoms with E-state index < -0.39 is 0 Å². The maximum atomic E-state index is 12.5. The van der Waals surface area contributed by atoms with Gasteiger partial charge in [0.25, 0.3) is 0 Å². The Hall–Kier alpha value is -3.80. The molecule has 4 rings (SSSR count). The van der Waals surface area contributed by atoms with Crippen LogP contribution in [0.5, 0.6) is 0 Å². The summed E-state index contributed by atoms with van der Waals surface area (Å²) in [5.41, 5.74) is 3.50. The molecule has 0 saturated heterocycles. The number of Topliss-reactive ketones (excluding diaryl/α,β-unsaturated/α-hetero) is 2. The lowest BCUT2D eigenvalue weighted by Crippen LogP contribution is -2.09. The lowest BCUT2D eigenvalue weighted by atomic mass is 10.1. The zero-order valence-electron chi connectivity index (χ0n) is 17.3. The molecule has 0 saturated carbocycles. The first-order valence-corrected chi connectivity index (χ1v) is 10.1. The van der Waals surface area contributed by atoms with Gasteiger partial charge in [-0.2, -0.15) is 0 Å². The van der Waals surface area contributed by atoms with Crippen LogP contribution in [-0.2, 0) is 0 Å². The van der Waals surface area contributed by atoms with Crippen LogP contribution in [0.3, 0.4) is 0 Å². The van der Waals surface area contributed by atoms with Gasteiger partial charge in [-0.05, 0) is 20.3 Å². The molecule has 0 radical (unpaired) electrons. The highest BCUT2D eigenvalue weighted by Gasteiger charge is 2.31. The molecule has 0 fully saturated rings. The van der Waals surface area contributed by atoms with E-state index in [4.69, 9.17) is 0 Å². The second-order valence-electron chi connectivity index (χ2n) is 7.48. The van der Waals surface area contributed by atoms with Crippen molar-refractivity contribution in [3.8, 4) is 0 Å². The Balaban J connectivity index is 1.40. The lowest BCUT2D eigenvalue weighted by Gasteiger charge is -2.03. The van der Waals surface area contributed by atoms with E-state index in [1.54, 1.807) is 62.4 Å². The van der Waals surface area contributed by atoms with E-state index in [2.05, 4.69) is 9.98 Å². The average molecular weight is 414 g/mol. The Bertz CT molecular complexity index is 1140. The number of hydrogen-bond donors (Lipinski definition) is 2. The van der Waals surface area contributed by atoms with E-state index in [1.165, 1.54) is 0 Å². The molecule has 0 unspecified atom stereocenters. The van der Waals surface area contributed by atoms with Crippen molar-refractivity contribution < 1.29 is 19.8 Å². The third-order valence-electron chi connectivity index (χ3n) is 5.52. The van der Waals surface area contributed by atoms with E-state index in [1.807, 2.05) is 0 Å². The van der Waals surface area contributed by atoms with Crippen LogP contribution in [0.2, 0.25) is 0 Å². The van der Waals surface area contributed by atoms with Crippen LogP contribution in [0.1, 0.15) is 52.1 Å². The monoisotopic (exact) mass is 414 g/mol. The number of benzene rings is 2. The highest BCUT2D eigenvalue weighted by Crippen LogP contribution is 2.32. The van der Waals surface area contributed by atoms with Gasteiger partial charge in [-0.15, -0.1) is 0 Å². The predicted molar refractivity (Wildman–Crippen MR) is 121 cm³/mol. The molecule has 0 amide bonds. The fraction of sp³-hybridized carbons (Fsp3) is 0.200. The first-order chi connectivity index (χ1) is 14.9. The summed E-state index contributed by atoms with van der Waals surface area (Å²) in [5.74, 6) is -0.496. The van der Waals surface area contributed by atoms with Gasteiger partial charge in [-0.25, -0.2) is 0 Å². The van der Waals surface area contributed by atoms with Crippen LogP contribution in [0.25, 0.3) is 11.5 Å². The summed E-state index contributed by atoms with van der Waals surface area (Å²) in [6.07, 6.45) is 0.596. The minimum Gasteiger partial charge on any atom is -0.506 e. The number of hydrogen-bond acceptors (Lipinski definition) is 6. The highest BCUT2D eigenvalue weighted by molar-refractivity contribution is 6.35. The van der Waals surface area contributed by atoms with Crippen molar-refractivity contribution in [3.05, 3.63) is 81.9 Å². The standard InChI is InChI=1S/C25H22N2O4/c1-14(20-22(28)16-8-3-4-9-17(16)23(20)29)26-12-7-13-27-15(2)21-24(30)18-10-5-6-11-19(18)25(21)31/h3-6,8-11,28,30H,7,12-13H2,1-2H3. The van der Waals surface area contributed by atoms with Gasteiger partial charge in [-0.3, -0.25) is 19.6 Å². The number of aliphatic hydroxyl groups excluding tert-OH is 2. The van der Waals surface area contributed by atoms with Crippen molar-refractivity contribution in [2.45, 2.75) is 20.3 Å². The summed E-state index contributed by atoms with van der Waals surface area (Å²) in [4.78, 5) is 33.9. The van der Waals surface area contributed by atoms with Gasteiger partial charge < -0.3 is 10.2 Å². The summed E-state index contributed by atoms with van der Waals surface area (Å²) in [7, 11) is 0. The van der Waals surface area contributed by atoms with Gasteiger partial charge >= 0.3 is 0 Å². The van der Waals surface area contributed by atoms with E-state index in [0.717, 1.165) is 0 Å². The van der Waals surface area contributed by atoms with Gasteiger partial charge in [0, 0.05) is 46.8 Å². The molecule has 6 nitrogen and oxygen atoms in total. The third kappa shape index (κ3) is 3.50. The van der Waals surface area contributed by atoms with Gasteiger partial charge in [0.2, 0.25) is 0 Å². The van der Waals surface area contributed by atoms with Crippen molar-refractivity contribution in [3.63, 3.8) is 0 Å². The average Bonchev–Trinajstić information content (AvgIpc) is 3.18. The van der Waals surface area contributed by atoms with Gasteiger partial charge in [0.1, 0.15) is 11.5 Å². The number of aliphatic hydroxyl groups is 2. The zero-order chi connectivity index (χ0) is 22.1. The van der Waals surface area contributed by atoms with Crippen LogP contribution in [0.4, 0.5) is 0 Å². The molecule has 0 aromatic heterocycles. The maximum absolute atomic E-state index is 12.5. The summed E-state index contributed by atoms with van der Waals surface area (Å²) < 4.78 is 0. The number of fused-ring (bicyclic) bond motifs is 2. The molecular weight excluding hydrogens is 392 g/mol. The molecule has 2 aromatic carbocycles. The largest absolute Gasteiger partial charge is 0.506 e. The van der Waals surface area contributed by atoms with Crippen molar-refractivity contribution in [2.75, 3.05) is 13.1 Å². The predicted octanol–water partition coefficient (Wildman–Crippen LogP) is 4.63. The topological polar surface area (TPSA) is 99.3 Å². The van der Waals surface area contributed by atoms with Crippen molar-refractivity contribution in [1.29, 1.82) is 0 Å². The lowest BCUT2D eigenvalue weighted by molar-refractivity contribution is 0.103. The summed E-state index contributed by atoms with van der Waals surface area (Å²) in [6.45, 7) is 4.26. The van der Waals surface area contributed by atoms with Crippen LogP contribution < -0.4 is 0 Å². The van der Waals surface area contributed by atoms with Crippen LogP contribution in [-0.4, -0.2) is 46.3 Å². The number of aliphatic imine (C=N–C) groups is 2. The Morgan fingerprint density at radius 1 is 0.677 bits per heavy atom. The minimum absolute atomic E-state index is 0.0301. The fourth-order valence-corrected chi connectivity index (χ4v) is 3.92. The summed E-state index contributed by atoms with van der Waals surface area (Å²) in [6, 6.07) is 13.9. The third-order valence-corrected chi connectivity index (χ3v) is 5.52. The van der Waals surface area contributed by atoms with Crippen molar-refractivity contribution in [2.24, 2.45) is 9.98 Å². The van der Waals surface area contributed by atoms with E-state index in [-0.39, 0.29) is 34.2 Å². The SMILES string of the molecule is CC(=NCCCN=C(C)C1=C(O)c2ccccc2C1=O)C1=C(O)c2ccccc2C1=O. The van der Waals surface area contributed by atoms with Crippen molar-refractivity contribution in [1.82, 2.24) is 0 Å². The summed E-state index contributed by atoms with van der Waals surface area (Å²) >= 11 is 0. The zero-order valence-corrected chi connectivity index (χ0v) is 17.3. The molecule has 156 valence electrons. The number of allylic oxidation sites excluding steroid dienone is 2. The number of ketones is 2. The first kappa shape index (κ1) is 20.5. The Morgan fingerprint density at radius 3 is 1.39 bits per heavy atom. The first-order valence-electron chi connectivity index (χ1n) is 10.1. The van der Waals surface area contributed by atoms with E-state index >= 15 is 0 Å². The smallest absolute Gasteiger partial charge is 0.199 e. The molecular formula is C25H22N2O4. The second kappa shape index (κ2) is 8.14. The van der Waals surface area contributed by atoms with E-state index in [9.17, 15) is 19.8 Å². The molecule has 0 spiro atoms. The van der Waals surface area contributed by atoms with Gasteiger partial charge in [0.15, 0.2) is 11.6 Å². The molecule has 0 bridgehead atoms. The molecule has 2 aromatic rings. The number of rotatable bonds is 6. The second-order valence-corrected chi connectivity index (χ2v) is 7.48. The molecule has 6 heteroatoms. The molecule has 2 aliphatic carbocycles. The van der Waals surface area contributed by atoms with Crippen LogP contribution in [0.15, 0.2) is 69.7 Å². The molecule has 2 N–H and O–H groups in total. The maximum Gasteiger partial charge on any atom is 0.199 e. The molecule has 0 atom stereocenters. The van der Waals surface area contributed by atoms with Crippen molar-refractivity contribution >= 4 is 34.5 Å².